The molecule has 1 aromatic carbocycles. The van der Waals surface area contributed by atoms with E-state index in [4.69, 9.17) is 4.98 Å². The summed E-state index contributed by atoms with van der Waals surface area (Å²) < 4.78 is 1.22. The standard InChI is InChI=1S/C20H24N2OS/c1-12(20-21-17-4-2-3-5-18(17)24-20)6-19(23)22-15-8-13-7-14(10-15)11-16(22)9-13/h2-5,12-16H,6-11H2,1H3. The molecule has 0 radical (unpaired) electrons. The molecule has 1 amide bonds. The van der Waals surface area contributed by atoms with Crippen molar-refractivity contribution in [1.29, 1.82) is 0 Å². The van der Waals surface area contributed by atoms with Crippen molar-refractivity contribution in [1.82, 2.24) is 9.88 Å². The normalized spacial score (nSPS) is 32.5. The molecule has 4 aliphatic rings. The number of carbonyl (C=O) groups excluding carboxylic acids is 1. The van der Waals surface area contributed by atoms with Crippen LogP contribution in [0.5, 0.6) is 0 Å². The Morgan fingerprint density at radius 1 is 1.17 bits per heavy atom. The number of benzene rings is 1. The van der Waals surface area contributed by atoms with Gasteiger partial charge in [0.1, 0.15) is 0 Å². The number of fused-ring (bicyclic) bond motifs is 1. The molecule has 3 nitrogen and oxygen atoms in total. The Balaban J connectivity index is 1.33. The van der Waals surface area contributed by atoms with Gasteiger partial charge in [0.2, 0.25) is 5.91 Å². The molecule has 3 heterocycles. The predicted octanol–water partition coefficient (Wildman–Crippen LogP) is 4.58. The summed E-state index contributed by atoms with van der Waals surface area (Å²) in [5, 5.41) is 1.11. The summed E-state index contributed by atoms with van der Waals surface area (Å²) in [4.78, 5) is 20.1. The zero-order valence-corrected chi connectivity index (χ0v) is 15.0. The third-order valence-corrected chi connectivity index (χ3v) is 7.64. The van der Waals surface area contributed by atoms with Gasteiger partial charge in [-0.15, -0.1) is 11.3 Å². The highest BCUT2D eigenvalue weighted by molar-refractivity contribution is 7.18. The molecular weight excluding hydrogens is 316 g/mol. The molecule has 2 aliphatic carbocycles. The molecule has 1 aromatic heterocycles. The van der Waals surface area contributed by atoms with E-state index in [1.807, 2.05) is 6.07 Å². The number of amides is 1. The van der Waals surface area contributed by atoms with Crippen molar-refractivity contribution < 1.29 is 4.79 Å². The van der Waals surface area contributed by atoms with Gasteiger partial charge in [-0.1, -0.05) is 19.1 Å². The number of nitrogens with zero attached hydrogens (tertiary/aromatic N) is 2. The summed E-state index contributed by atoms with van der Waals surface area (Å²) >= 11 is 1.74. The Hall–Kier alpha value is -1.42. The van der Waals surface area contributed by atoms with Crippen molar-refractivity contribution in [3.05, 3.63) is 29.3 Å². The predicted molar refractivity (Wildman–Crippen MR) is 97.1 cm³/mol. The second-order valence-corrected chi connectivity index (χ2v) is 9.21. The highest BCUT2D eigenvalue weighted by atomic mass is 32.1. The maximum atomic E-state index is 13.0. The van der Waals surface area contributed by atoms with Crippen molar-refractivity contribution in [2.45, 2.75) is 63.5 Å². The maximum absolute atomic E-state index is 13.0. The van der Waals surface area contributed by atoms with Gasteiger partial charge in [0.15, 0.2) is 0 Å². The van der Waals surface area contributed by atoms with Crippen molar-refractivity contribution in [2.24, 2.45) is 11.8 Å². The van der Waals surface area contributed by atoms with E-state index < -0.39 is 0 Å². The van der Waals surface area contributed by atoms with Gasteiger partial charge in [0.25, 0.3) is 0 Å². The number of hydrogen-bond donors (Lipinski definition) is 0. The number of para-hydroxylation sites is 1. The maximum Gasteiger partial charge on any atom is 0.223 e. The van der Waals surface area contributed by atoms with Crippen LogP contribution in [0.4, 0.5) is 0 Å². The lowest BCUT2D eigenvalue weighted by Gasteiger charge is -2.56. The monoisotopic (exact) mass is 340 g/mol. The molecule has 0 N–H and O–H groups in total. The van der Waals surface area contributed by atoms with Gasteiger partial charge in [0, 0.05) is 24.4 Å². The first-order valence-corrected chi connectivity index (χ1v) is 10.2. The summed E-state index contributed by atoms with van der Waals surface area (Å²) in [5.74, 6) is 2.39. The summed E-state index contributed by atoms with van der Waals surface area (Å²) in [6.07, 6.45) is 7.07. The molecule has 1 atom stereocenters. The van der Waals surface area contributed by atoms with E-state index in [1.165, 1.54) is 36.8 Å². The minimum atomic E-state index is 0.215. The SMILES string of the molecule is CC(CC(=O)N1C2CC3CC(C2)CC1C3)c1nc2ccccc2s1. The fourth-order valence-electron chi connectivity index (χ4n) is 5.50. The highest BCUT2D eigenvalue weighted by Crippen LogP contribution is 2.49. The van der Waals surface area contributed by atoms with Crippen molar-refractivity contribution in [2.75, 3.05) is 0 Å². The summed E-state index contributed by atoms with van der Waals surface area (Å²) in [6, 6.07) is 9.34. The van der Waals surface area contributed by atoms with Crippen molar-refractivity contribution >= 4 is 27.5 Å². The zero-order chi connectivity index (χ0) is 16.3. The molecular formula is C20H24N2OS. The molecule has 1 unspecified atom stereocenters. The van der Waals surface area contributed by atoms with Crippen LogP contribution in [-0.2, 0) is 4.79 Å². The van der Waals surface area contributed by atoms with Crippen molar-refractivity contribution in [3.63, 3.8) is 0 Å². The van der Waals surface area contributed by atoms with Gasteiger partial charge < -0.3 is 4.90 Å². The third kappa shape index (κ3) is 2.38. The number of carbonyl (C=O) groups is 1. The molecule has 2 aliphatic heterocycles. The van der Waals surface area contributed by atoms with Crippen LogP contribution in [0.3, 0.4) is 0 Å². The molecule has 6 rings (SSSR count). The number of rotatable bonds is 3. The highest BCUT2D eigenvalue weighted by Gasteiger charge is 2.48. The van der Waals surface area contributed by atoms with E-state index >= 15 is 0 Å². The molecule has 2 saturated heterocycles. The second-order valence-electron chi connectivity index (χ2n) is 8.14. The largest absolute Gasteiger partial charge is 0.337 e. The number of thiazole rings is 1. The van der Waals surface area contributed by atoms with Gasteiger partial charge in [-0.3, -0.25) is 4.79 Å². The first-order valence-electron chi connectivity index (χ1n) is 9.34. The average Bonchev–Trinajstić information content (AvgIpc) is 2.98. The van der Waals surface area contributed by atoms with Crippen LogP contribution in [0.15, 0.2) is 24.3 Å². The van der Waals surface area contributed by atoms with Crippen LogP contribution in [0.2, 0.25) is 0 Å². The molecule has 4 fully saturated rings. The van der Waals surface area contributed by atoms with Crippen LogP contribution in [0.1, 0.15) is 56.4 Å². The molecule has 0 spiro atoms. The number of hydrogen-bond acceptors (Lipinski definition) is 3. The lowest BCUT2D eigenvalue weighted by Crippen LogP contribution is -2.59. The Morgan fingerprint density at radius 2 is 1.83 bits per heavy atom. The quantitative estimate of drug-likeness (QED) is 0.819. The van der Waals surface area contributed by atoms with Gasteiger partial charge in [0.05, 0.1) is 15.2 Å². The molecule has 4 heteroatoms. The van der Waals surface area contributed by atoms with E-state index in [9.17, 15) is 4.79 Å². The minimum Gasteiger partial charge on any atom is -0.337 e. The second kappa shape index (κ2) is 5.55. The van der Waals surface area contributed by atoms with Gasteiger partial charge in [-0.25, -0.2) is 4.98 Å². The fraction of sp³-hybridized carbons (Fsp3) is 0.600. The van der Waals surface area contributed by atoms with E-state index in [1.54, 1.807) is 11.3 Å². The Bertz CT molecular complexity index is 722. The molecule has 2 aromatic rings. The molecule has 126 valence electrons. The van der Waals surface area contributed by atoms with E-state index in [0.717, 1.165) is 22.4 Å². The molecule has 4 bridgehead atoms. The lowest BCUT2D eigenvalue weighted by molar-refractivity contribution is -0.149. The Kier molecular flexibility index (Phi) is 3.44. The number of piperidine rings is 2. The molecule has 2 saturated carbocycles. The fourth-order valence-corrected chi connectivity index (χ4v) is 6.51. The first kappa shape index (κ1) is 14.9. The zero-order valence-electron chi connectivity index (χ0n) is 14.1. The summed E-state index contributed by atoms with van der Waals surface area (Å²) in [7, 11) is 0. The third-order valence-electron chi connectivity index (χ3n) is 6.38. The summed E-state index contributed by atoms with van der Waals surface area (Å²) in [6.45, 7) is 2.16. The smallest absolute Gasteiger partial charge is 0.223 e. The van der Waals surface area contributed by atoms with Crippen LogP contribution in [-0.4, -0.2) is 27.9 Å². The Morgan fingerprint density at radius 3 is 2.50 bits per heavy atom. The summed E-state index contributed by atoms with van der Waals surface area (Å²) in [5.41, 5.74) is 1.06. The Labute approximate surface area is 147 Å². The van der Waals surface area contributed by atoms with E-state index in [2.05, 4.69) is 30.0 Å². The lowest BCUT2D eigenvalue weighted by atomic mass is 9.63. The van der Waals surface area contributed by atoms with Crippen LogP contribution >= 0.6 is 11.3 Å². The van der Waals surface area contributed by atoms with Gasteiger partial charge >= 0.3 is 0 Å². The van der Waals surface area contributed by atoms with Gasteiger partial charge in [-0.05, 0) is 56.1 Å². The van der Waals surface area contributed by atoms with Crippen molar-refractivity contribution in [3.8, 4) is 0 Å². The van der Waals surface area contributed by atoms with Crippen LogP contribution in [0.25, 0.3) is 10.2 Å². The van der Waals surface area contributed by atoms with E-state index in [0.29, 0.717) is 24.4 Å². The minimum absolute atomic E-state index is 0.215. The van der Waals surface area contributed by atoms with Crippen LogP contribution < -0.4 is 0 Å². The van der Waals surface area contributed by atoms with Gasteiger partial charge in [-0.2, -0.15) is 0 Å². The van der Waals surface area contributed by atoms with Crippen LogP contribution in [0, 0.1) is 11.8 Å². The number of aromatic nitrogens is 1. The average molecular weight is 340 g/mol. The topological polar surface area (TPSA) is 33.2 Å². The van der Waals surface area contributed by atoms with E-state index in [-0.39, 0.29) is 5.92 Å². The first-order chi connectivity index (χ1) is 11.7. The molecule has 24 heavy (non-hydrogen) atoms.